The van der Waals surface area contributed by atoms with Gasteiger partial charge in [0.2, 0.25) is 5.91 Å². The van der Waals surface area contributed by atoms with Gasteiger partial charge >= 0.3 is 10.1 Å². The predicted octanol–water partition coefficient (Wildman–Crippen LogP) is -0.442. The van der Waals surface area contributed by atoms with Gasteiger partial charge in [-0.3, -0.25) is 4.79 Å². The number of aliphatic hydroxyl groups excluding tert-OH is 8. The lowest BCUT2D eigenvalue weighted by Gasteiger charge is -2.48. The Labute approximate surface area is 319 Å². The van der Waals surface area contributed by atoms with Crippen LogP contribution in [-0.4, -0.2) is 135 Å². The third-order valence-corrected chi connectivity index (χ3v) is 11.4. The van der Waals surface area contributed by atoms with Crippen LogP contribution in [0.2, 0.25) is 0 Å². The van der Waals surface area contributed by atoms with E-state index in [2.05, 4.69) is 0 Å². The smallest absolute Gasteiger partial charge is 0.311 e. The molecule has 0 aliphatic carbocycles. The molecular weight excluding hydrogens is 768 g/mol. The average Bonchev–Trinajstić information content (AvgIpc) is 3.17. The van der Waals surface area contributed by atoms with Crippen LogP contribution in [0.5, 0.6) is 5.75 Å². The van der Waals surface area contributed by atoms with Crippen molar-refractivity contribution < 1.29 is 81.2 Å². The number of hydrogen-bond donors (Lipinski definition) is 8. The minimum absolute atomic E-state index is 0.163. The van der Waals surface area contributed by atoms with Crippen molar-refractivity contribution in [1.29, 1.82) is 0 Å². The van der Waals surface area contributed by atoms with E-state index in [1.165, 1.54) is 77.7 Å². The van der Waals surface area contributed by atoms with Crippen LogP contribution in [0.25, 0.3) is 0 Å². The van der Waals surface area contributed by atoms with Crippen molar-refractivity contribution in [2.24, 2.45) is 5.92 Å². The van der Waals surface area contributed by atoms with Gasteiger partial charge in [0.15, 0.2) is 6.29 Å². The van der Waals surface area contributed by atoms with Crippen LogP contribution in [0.1, 0.15) is 36.1 Å². The average molecular weight is 812 g/mol. The van der Waals surface area contributed by atoms with Crippen molar-refractivity contribution in [3.63, 3.8) is 0 Å². The number of carbonyl (C=O) groups excluding carboxylic acids is 1. The Hall–Kier alpha value is -3.70. The van der Waals surface area contributed by atoms with Gasteiger partial charge in [-0.1, -0.05) is 24.3 Å². The summed E-state index contributed by atoms with van der Waals surface area (Å²) in [5, 5.41) is 82.3. The first-order chi connectivity index (χ1) is 26.6. The number of ether oxygens (including phenoxy) is 3. The summed E-state index contributed by atoms with van der Waals surface area (Å²) >= 11 is 0. The van der Waals surface area contributed by atoms with Gasteiger partial charge in [-0.2, -0.15) is 8.42 Å². The van der Waals surface area contributed by atoms with Crippen molar-refractivity contribution in [1.82, 2.24) is 0 Å². The summed E-state index contributed by atoms with van der Waals surface area (Å²) < 4.78 is 75.1. The monoisotopic (exact) mass is 811 g/mol. The number of halogens is 2. The van der Waals surface area contributed by atoms with Crippen LogP contribution in [0.3, 0.4) is 0 Å². The fourth-order valence-corrected chi connectivity index (χ4v) is 8.35. The first kappa shape index (κ1) is 41.9. The fraction of sp³-hybridized carbons (Fsp3) is 0.486. The maximum atomic E-state index is 13.7. The number of nitrogens with zero attached hydrogens (tertiary/aromatic N) is 1. The van der Waals surface area contributed by atoms with E-state index in [1.807, 2.05) is 0 Å². The second-order valence-electron chi connectivity index (χ2n) is 13.9. The van der Waals surface area contributed by atoms with Crippen molar-refractivity contribution >= 4 is 21.7 Å². The van der Waals surface area contributed by atoms with Gasteiger partial charge < -0.3 is 64.1 Å². The molecule has 3 aromatic rings. The number of aliphatic hydroxyl groups is 8. The summed E-state index contributed by atoms with van der Waals surface area (Å²) in [6, 6.07) is 15.7. The van der Waals surface area contributed by atoms with Crippen LogP contribution < -0.4 is 9.08 Å². The Morgan fingerprint density at radius 3 is 1.93 bits per heavy atom. The lowest BCUT2D eigenvalue weighted by Crippen LogP contribution is -2.65. The summed E-state index contributed by atoms with van der Waals surface area (Å²) in [5.74, 6) is -3.06. The molecule has 0 aromatic heterocycles. The fourth-order valence-electron chi connectivity index (χ4n) is 7.20. The highest BCUT2D eigenvalue weighted by Crippen LogP contribution is 2.46. The second kappa shape index (κ2) is 17.4. The molecule has 0 saturated carbocycles. The molecule has 13 atom stereocenters. The van der Waals surface area contributed by atoms with Crippen molar-refractivity contribution in [3.8, 4) is 5.75 Å². The number of amides is 1. The predicted molar refractivity (Wildman–Crippen MR) is 188 cm³/mol. The van der Waals surface area contributed by atoms with Crippen LogP contribution in [-0.2, 0) is 29.1 Å². The van der Waals surface area contributed by atoms with E-state index in [4.69, 9.17) is 18.4 Å². The van der Waals surface area contributed by atoms with Gasteiger partial charge in [0.1, 0.15) is 78.1 Å². The Balaban J connectivity index is 1.12. The topological polar surface area (TPSA) is 253 Å². The highest BCUT2D eigenvalue weighted by molar-refractivity contribution is 7.87. The van der Waals surface area contributed by atoms with E-state index in [1.54, 1.807) is 0 Å². The third-order valence-electron chi connectivity index (χ3n) is 10.2. The van der Waals surface area contributed by atoms with Crippen LogP contribution in [0, 0.1) is 17.6 Å². The van der Waals surface area contributed by atoms with E-state index < -0.39 is 120 Å². The number of anilines is 1. The van der Waals surface area contributed by atoms with Gasteiger partial charge in [0.25, 0.3) is 0 Å². The summed E-state index contributed by atoms with van der Waals surface area (Å²) in [4.78, 5) is 14.9. The Kier molecular flexibility index (Phi) is 13.0. The highest BCUT2D eigenvalue weighted by Gasteiger charge is 2.52. The SMILES string of the molecule is O=C1C(CCC(O)c2ccc(F)cc2)[C@@H](c2ccc(OS(=O)(=O)CC3OC(CO)C(OC4OC(CO)C(O)C(O)C4O)C(O)C3O)cc2)N1c1ccc(F)cc1. The number of hydrogen-bond acceptors (Lipinski definition) is 15. The normalized spacial score (nSPS) is 32.8. The van der Waals surface area contributed by atoms with Gasteiger partial charge in [-0.25, -0.2) is 8.78 Å². The lowest BCUT2D eigenvalue weighted by molar-refractivity contribution is -0.341. The molecule has 16 nitrogen and oxygen atoms in total. The molecule has 3 aliphatic rings. The molecule has 19 heteroatoms. The van der Waals surface area contributed by atoms with Crippen LogP contribution in [0.15, 0.2) is 72.8 Å². The van der Waals surface area contributed by atoms with Crippen molar-refractivity contribution in [3.05, 3.63) is 95.6 Å². The number of benzene rings is 3. The van der Waals surface area contributed by atoms with Gasteiger partial charge in [0.05, 0.1) is 31.3 Å². The third kappa shape index (κ3) is 8.89. The maximum Gasteiger partial charge on any atom is 0.311 e. The summed E-state index contributed by atoms with van der Waals surface area (Å²) in [5.41, 5.74) is 1.45. The minimum atomic E-state index is -4.57. The second-order valence-corrected chi connectivity index (χ2v) is 15.5. The van der Waals surface area contributed by atoms with E-state index >= 15 is 0 Å². The molecule has 1 amide bonds. The zero-order valence-electron chi connectivity index (χ0n) is 29.5. The van der Waals surface area contributed by atoms with Gasteiger partial charge in [-0.15, -0.1) is 0 Å². The van der Waals surface area contributed by atoms with Gasteiger partial charge in [0, 0.05) is 5.69 Å². The molecule has 12 unspecified atom stereocenters. The maximum absolute atomic E-state index is 13.7. The molecule has 0 bridgehead atoms. The Morgan fingerprint density at radius 2 is 1.32 bits per heavy atom. The highest BCUT2D eigenvalue weighted by atomic mass is 32.2. The molecule has 3 fully saturated rings. The molecule has 0 radical (unpaired) electrons. The molecule has 8 N–H and O–H groups in total. The van der Waals surface area contributed by atoms with Gasteiger partial charge in [-0.05, 0) is 72.5 Å². The zero-order chi connectivity index (χ0) is 40.5. The molecular formula is C37H43F2NO15S. The van der Waals surface area contributed by atoms with E-state index in [-0.39, 0.29) is 24.5 Å². The minimum Gasteiger partial charge on any atom is -0.394 e. The van der Waals surface area contributed by atoms with Crippen LogP contribution >= 0.6 is 0 Å². The molecule has 306 valence electrons. The summed E-state index contributed by atoms with van der Waals surface area (Å²) in [6.45, 7) is -1.64. The number of β-lactam (4-membered cyclic amide) rings is 1. The van der Waals surface area contributed by atoms with E-state index in [9.17, 15) is 62.8 Å². The molecule has 3 heterocycles. The molecule has 56 heavy (non-hydrogen) atoms. The summed E-state index contributed by atoms with van der Waals surface area (Å²) in [7, 11) is -4.57. The number of rotatable bonds is 14. The lowest BCUT2D eigenvalue weighted by atomic mass is 9.78. The molecule has 3 aromatic carbocycles. The molecule has 6 rings (SSSR count). The largest absolute Gasteiger partial charge is 0.394 e. The van der Waals surface area contributed by atoms with Crippen molar-refractivity contribution in [2.45, 2.75) is 86.2 Å². The molecule has 3 aliphatic heterocycles. The first-order valence-corrected chi connectivity index (χ1v) is 19.3. The molecule has 0 spiro atoms. The zero-order valence-corrected chi connectivity index (χ0v) is 30.3. The van der Waals surface area contributed by atoms with E-state index in [0.29, 0.717) is 16.8 Å². The quantitative estimate of drug-likeness (QED) is 0.0759. The van der Waals surface area contributed by atoms with Crippen molar-refractivity contribution in [2.75, 3.05) is 23.9 Å². The summed E-state index contributed by atoms with van der Waals surface area (Å²) in [6.07, 6.45) is -17.8. The van der Waals surface area contributed by atoms with E-state index in [0.717, 1.165) is 0 Å². The Bertz CT molecular complexity index is 1890. The first-order valence-electron chi connectivity index (χ1n) is 17.7. The standard InChI is InChI=1S/C37H43F2NO15S/c38-20-5-1-18(2-6-20)25(43)14-13-24-29(40(36(24)49)22-9-7-21(39)8-10-22)19-3-11-23(12-4-19)55-56(50,51)17-28-31(45)33(47)35(27(16-42)52-28)54-37-34(48)32(46)30(44)26(15-41)53-37/h1-12,24-35,37,41-48H,13-17H2/t24?,25?,26?,27?,28?,29-,30?,31?,32?,33?,34?,35?,37?/m1/s1. The number of carbonyl (C=O) groups is 1. The molecule has 3 saturated heterocycles. The Morgan fingerprint density at radius 1 is 0.732 bits per heavy atom. The van der Waals surface area contributed by atoms with Crippen LogP contribution in [0.4, 0.5) is 14.5 Å².